The molecule has 3 aromatic rings. The van der Waals surface area contributed by atoms with E-state index < -0.39 is 0 Å². The summed E-state index contributed by atoms with van der Waals surface area (Å²) in [4.78, 5) is 8.51. The van der Waals surface area contributed by atoms with Crippen LogP contribution >= 0.6 is 11.6 Å². The van der Waals surface area contributed by atoms with Crippen molar-refractivity contribution in [1.82, 2.24) is 4.98 Å². The van der Waals surface area contributed by atoms with Gasteiger partial charge in [-0.2, -0.15) is 0 Å². The second-order valence-electron chi connectivity index (χ2n) is 4.77. The van der Waals surface area contributed by atoms with Gasteiger partial charge >= 0.3 is 0 Å². The highest BCUT2D eigenvalue weighted by Gasteiger charge is 2.10. The molecule has 2 heterocycles. The summed E-state index contributed by atoms with van der Waals surface area (Å²) in [5.74, 6) is 0.947. The van der Waals surface area contributed by atoms with Gasteiger partial charge in [0.2, 0.25) is 0 Å². The van der Waals surface area contributed by atoms with E-state index in [9.17, 15) is 5.11 Å². The average molecular weight is 313 g/mol. The van der Waals surface area contributed by atoms with Crippen LogP contribution in [0.15, 0.2) is 57.9 Å². The molecule has 2 aromatic heterocycles. The standard InChI is InChI=1S/C17H13ClN2O2/c1-11-3-2-4-16(20-11)19-10-13-9-15(22-17(13)21)12-5-7-14(18)8-6-12/h2-10,21H,1H3/b19-10+. The predicted octanol–water partition coefficient (Wildman–Crippen LogP) is 4.76. The number of nitrogens with zero attached hydrogens (tertiary/aromatic N) is 2. The third-order valence-corrected chi connectivity index (χ3v) is 3.33. The Labute approximate surface area is 132 Å². The third-order valence-electron chi connectivity index (χ3n) is 3.08. The van der Waals surface area contributed by atoms with Gasteiger partial charge in [-0.3, -0.25) is 0 Å². The Morgan fingerprint density at radius 3 is 2.68 bits per heavy atom. The van der Waals surface area contributed by atoms with Crippen molar-refractivity contribution in [3.8, 4) is 17.3 Å². The molecule has 22 heavy (non-hydrogen) atoms. The van der Waals surface area contributed by atoms with Crippen molar-refractivity contribution >= 4 is 23.6 Å². The fraction of sp³-hybridized carbons (Fsp3) is 0.0588. The van der Waals surface area contributed by atoms with E-state index in [0.717, 1.165) is 11.3 Å². The first kappa shape index (κ1) is 14.4. The molecular formula is C17H13ClN2O2. The SMILES string of the molecule is Cc1cccc(/N=C/c2cc(-c3ccc(Cl)cc3)oc2O)n1. The fourth-order valence-electron chi connectivity index (χ4n) is 1.98. The first-order valence-corrected chi connectivity index (χ1v) is 7.06. The molecule has 110 valence electrons. The molecule has 0 aliphatic carbocycles. The van der Waals surface area contributed by atoms with Crippen LogP contribution in [-0.4, -0.2) is 16.3 Å². The number of pyridine rings is 1. The molecule has 0 aliphatic rings. The summed E-state index contributed by atoms with van der Waals surface area (Å²) in [6.45, 7) is 1.90. The number of hydrogen-bond acceptors (Lipinski definition) is 4. The van der Waals surface area contributed by atoms with Gasteiger partial charge in [-0.1, -0.05) is 17.7 Å². The lowest BCUT2D eigenvalue weighted by atomic mass is 10.1. The Balaban J connectivity index is 1.88. The topological polar surface area (TPSA) is 58.6 Å². The van der Waals surface area contributed by atoms with Gasteiger partial charge in [0.25, 0.3) is 5.95 Å². The van der Waals surface area contributed by atoms with E-state index in [4.69, 9.17) is 16.0 Å². The van der Waals surface area contributed by atoms with Gasteiger partial charge in [0.05, 0.1) is 5.56 Å². The summed E-state index contributed by atoms with van der Waals surface area (Å²) in [5.41, 5.74) is 2.20. The molecule has 0 saturated carbocycles. The summed E-state index contributed by atoms with van der Waals surface area (Å²) < 4.78 is 5.35. The molecule has 1 N–H and O–H groups in total. The van der Waals surface area contributed by atoms with Gasteiger partial charge < -0.3 is 9.52 Å². The van der Waals surface area contributed by atoms with Crippen molar-refractivity contribution in [1.29, 1.82) is 0 Å². The highest BCUT2D eigenvalue weighted by molar-refractivity contribution is 6.30. The van der Waals surface area contributed by atoms with Gasteiger partial charge in [-0.15, -0.1) is 0 Å². The van der Waals surface area contributed by atoms with Gasteiger partial charge in [0.1, 0.15) is 5.76 Å². The summed E-state index contributed by atoms with van der Waals surface area (Å²) >= 11 is 5.86. The number of aryl methyl sites for hydroxylation is 1. The lowest BCUT2D eigenvalue weighted by Crippen LogP contribution is -1.81. The average Bonchev–Trinajstić information content (AvgIpc) is 2.87. The predicted molar refractivity (Wildman–Crippen MR) is 87.0 cm³/mol. The van der Waals surface area contributed by atoms with Crippen molar-refractivity contribution in [3.05, 3.63) is 64.8 Å². The summed E-state index contributed by atoms with van der Waals surface area (Å²) in [6, 6.07) is 14.5. The molecule has 0 bridgehead atoms. The van der Waals surface area contributed by atoms with E-state index in [1.807, 2.05) is 31.2 Å². The summed E-state index contributed by atoms with van der Waals surface area (Å²) in [6.07, 6.45) is 1.53. The molecule has 0 aliphatic heterocycles. The van der Waals surface area contributed by atoms with E-state index in [0.29, 0.717) is 22.2 Å². The Bertz CT molecular complexity index is 823. The van der Waals surface area contributed by atoms with E-state index in [2.05, 4.69) is 9.98 Å². The highest BCUT2D eigenvalue weighted by atomic mass is 35.5. The minimum atomic E-state index is -0.179. The van der Waals surface area contributed by atoms with Gasteiger partial charge in [-0.25, -0.2) is 9.98 Å². The van der Waals surface area contributed by atoms with Gasteiger partial charge in [0.15, 0.2) is 5.82 Å². The van der Waals surface area contributed by atoms with E-state index in [-0.39, 0.29) is 5.95 Å². The number of halogens is 1. The quantitative estimate of drug-likeness (QED) is 0.709. The number of aliphatic imine (C=N–C) groups is 1. The maximum Gasteiger partial charge on any atom is 0.291 e. The first-order valence-electron chi connectivity index (χ1n) is 6.68. The van der Waals surface area contributed by atoms with Crippen LogP contribution in [0.4, 0.5) is 5.82 Å². The molecule has 5 heteroatoms. The molecule has 1 aromatic carbocycles. The number of benzene rings is 1. The minimum Gasteiger partial charge on any atom is -0.480 e. The van der Waals surface area contributed by atoms with Crippen LogP contribution in [-0.2, 0) is 0 Å². The Hall–Kier alpha value is -2.59. The molecular weight excluding hydrogens is 300 g/mol. The van der Waals surface area contributed by atoms with Crippen LogP contribution in [0.2, 0.25) is 5.02 Å². The summed E-state index contributed by atoms with van der Waals surface area (Å²) in [7, 11) is 0. The van der Waals surface area contributed by atoms with Crippen molar-refractivity contribution in [2.24, 2.45) is 4.99 Å². The smallest absolute Gasteiger partial charge is 0.291 e. The molecule has 0 unspecified atom stereocenters. The zero-order chi connectivity index (χ0) is 15.5. The van der Waals surface area contributed by atoms with E-state index in [1.54, 1.807) is 24.3 Å². The van der Waals surface area contributed by atoms with Crippen molar-refractivity contribution in [2.45, 2.75) is 6.92 Å². The summed E-state index contributed by atoms with van der Waals surface area (Å²) in [5, 5.41) is 10.5. The molecule has 0 atom stereocenters. The zero-order valence-corrected chi connectivity index (χ0v) is 12.6. The Morgan fingerprint density at radius 1 is 1.18 bits per heavy atom. The van der Waals surface area contributed by atoms with Crippen molar-refractivity contribution < 1.29 is 9.52 Å². The van der Waals surface area contributed by atoms with Crippen LogP contribution in [0.25, 0.3) is 11.3 Å². The molecule has 0 fully saturated rings. The second kappa shape index (κ2) is 6.03. The number of hydrogen-bond donors (Lipinski definition) is 1. The lowest BCUT2D eigenvalue weighted by molar-refractivity contribution is 0.337. The fourth-order valence-corrected chi connectivity index (χ4v) is 2.11. The second-order valence-corrected chi connectivity index (χ2v) is 5.21. The van der Waals surface area contributed by atoms with Gasteiger partial charge in [-0.05, 0) is 49.4 Å². The molecule has 0 amide bonds. The third kappa shape index (κ3) is 3.18. The molecule has 0 saturated heterocycles. The van der Waals surface area contributed by atoms with Gasteiger partial charge in [0, 0.05) is 22.5 Å². The van der Waals surface area contributed by atoms with Crippen molar-refractivity contribution in [2.75, 3.05) is 0 Å². The number of aromatic nitrogens is 1. The minimum absolute atomic E-state index is 0.179. The molecule has 0 spiro atoms. The maximum absolute atomic E-state index is 9.88. The zero-order valence-electron chi connectivity index (χ0n) is 11.8. The van der Waals surface area contributed by atoms with E-state index >= 15 is 0 Å². The number of rotatable bonds is 3. The van der Waals surface area contributed by atoms with Crippen LogP contribution in [0.5, 0.6) is 5.95 Å². The normalized spacial score (nSPS) is 11.2. The maximum atomic E-state index is 9.88. The van der Waals surface area contributed by atoms with Crippen molar-refractivity contribution in [3.63, 3.8) is 0 Å². The molecule has 4 nitrogen and oxygen atoms in total. The van der Waals surface area contributed by atoms with Crippen LogP contribution in [0.1, 0.15) is 11.3 Å². The van der Waals surface area contributed by atoms with E-state index in [1.165, 1.54) is 6.21 Å². The lowest BCUT2D eigenvalue weighted by Gasteiger charge is -1.95. The molecule has 0 radical (unpaired) electrons. The Kier molecular flexibility index (Phi) is 3.94. The first-order chi connectivity index (χ1) is 10.6. The monoisotopic (exact) mass is 312 g/mol. The number of aromatic hydroxyl groups is 1. The van der Waals surface area contributed by atoms with Crippen LogP contribution in [0.3, 0.4) is 0 Å². The van der Waals surface area contributed by atoms with Crippen LogP contribution < -0.4 is 0 Å². The van der Waals surface area contributed by atoms with Crippen LogP contribution in [0, 0.1) is 6.92 Å². The molecule has 3 rings (SSSR count). The Morgan fingerprint density at radius 2 is 1.95 bits per heavy atom. The number of furan rings is 1. The largest absolute Gasteiger partial charge is 0.480 e. The highest BCUT2D eigenvalue weighted by Crippen LogP contribution is 2.30.